The molecule has 1 aliphatic carbocycles. The van der Waals surface area contributed by atoms with Gasteiger partial charge in [0, 0.05) is 31.5 Å². The summed E-state index contributed by atoms with van der Waals surface area (Å²) in [6.45, 7) is 1.40. The number of hydrogen-bond donors (Lipinski definition) is 0. The predicted octanol–water partition coefficient (Wildman–Crippen LogP) is 2.83. The van der Waals surface area contributed by atoms with Gasteiger partial charge >= 0.3 is 0 Å². The van der Waals surface area contributed by atoms with Crippen LogP contribution in [0.4, 0.5) is 0 Å². The third-order valence-electron chi connectivity index (χ3n) is 4.66. The third-order valence-corrected chi connectivity index (χ3v) is 4.66. The van der Waals surface area contributed by atoms with Gasteiger partial charge in [-0.15, -0.1) is 0 Å². The van der Waals surface area contributed by atoms with E-state index in [-0.39, 0.29) is 17.7 Å². The van der Waals surface area contributed by atoms with Crippen LogP contribution in [0.2, 0.25) is 0 Å². The molecule has 1 heterocycles. The Hall–Kier alpha value is -1.39. The summed E-state index contributed by atoms with van der Waals surface area (Å²) in [4.78, 5) is 14.4. The van der Waals surface area contributed by atoms with Gasteiger partial charge in [-0.25, -0.2) is 0 Å². The van der Waals surface area contributed by atoms with Crippen LogP contribution in [-0.4, -0.2) is 42.9 Å². The largest absolute Gasteiger partial charge is 0.348 e. The van der Waals surface area contributed by atoms with Crippen molar-refractivity contribution in [1.29, 1.82) is 0 Å². The molecule has 1 aromatic carbocycles. The molecule has 1 spiro atoms. The van der Waals surface area contributed by atoms with Gasteiger partial charge in [-0.3, -0.25) is 4.79 Å². The molecule has 2 aliphatic rings. The molecule has 1 atom stereocenters. The molecule has 2 fully saturated rings. The Balaban J connectivity index is 1.65. The summed E-state index contributed by atoms with van der Waals surface area (Å²) >= 11 is 0. The first-order valence-electron chi connectivity index (χ1n) is 7.80. The van der Waals surface area contributed by atoms with Gasteiger partial charge in [0.15, 0.2) is 5.79 Å². The van der Waals surface area contributed by atoms with Crippen LogP contribution in [0.5, 0.6) is 0 Å². The fraction of sp³-hybridized carbons (Fsp3) is 0.588. The fourth-order valence-electron chi connectivity index (χ4n) is 3.39. The Morgan fingerprint density at radius 1 is 1.14 bits per heavy atom. The van der Waals surface area contributed by atoms with Crippen molar-refractivity contribution < 1.29 is 14.3 Å². The van der Waals surface area contributed by atoms with E-state index in [4.69, 9.17) is 9.47 Å². The Bertz CT molecular complexity index is 482. The van der Waals surface area contributed by atoms with Crippen LogP contribution in [0.15, 0.2) is 30.3 Å². The van der Waals surface area contributed by atoms with E-state index < -0.39 is 0 Å². The lowest BCUT2D eigenvalue weighted by Crippen LogP contribution is -2.37. The van der Waals surface area contributed by atoms with Crippen LogP contribution >= 0.6 is 0 Å². The zero-order valence-corrected chi connectivity index (χ0v) is 12.6. The van der Waals surface area contributed by atoms with Crippen molar-refractivity contribution in [2.24, 2.45) is 0 Å². The van der Waals surface area contributed by atoms with E-state index in [1.54, 1.807) is 0 Å². The average Bonchev–Trinajstić information content (AvgIpc) is 2.88. The fourth-order valence-corrected chi connectivity index (χ4v) is 3.39. The van der Waals surface area contributed by atoms with Crippen molar-refractivity contribution in [3.63, 3.8) is 0 Å². The van der Waals surface area contributed by atoms with Gasteiger partial charge in [0.25, 0.3) is 5.91 Å². The first kappa shape index (κ1) is 14.5. The van der Waals surface area contributed by atoms with Crippen molar-refractivity contribution in [3.05, 3.63) is 35.9 Å². The first-order valence-corrected chi connectivity index (χ1v) is 7.80. The smallest absolute Gasteiger partial charge is 0.253 e. The lowest BCUT2D eigenvalue weighted by Gasteiger charge is -2.28. The number of amides is 1. The second-order valence-corrected chi connectivity index (χ2v) is 5.97. The molecule has 0 unspecified atom stereocenters. The maximum atomic E-state index is 12.5. The Labute approximate surface area is 126 Å². The monoisotopic (exact) mass is 289 g/mol. The molecule has 114 valence electrons. The normalized spacial score (nSPS) is 24.7. The highest BCUT2D eigenvalue weighted by Crippen LogP contribution is 2.35. The topological polar surface area (TPSA) is 38.8 Å². The second kappa shape index (κ2) is 6.16. The lowest BCUT2D eigenvalue weighted by molar-refractivity contribution is -0.165. The molecule has 0 aromatic heterocycles. The highest BCUT2D eigenvalue weighted by atomic mass is 16.7. The minimum Gasteiger partial charge on any atom is -0.348 e. The van der Waals surface area contributed by atoms with E-state index in [9.17, 15) is 4.79 Å². The van der Waals surface area contributed by atoms with Crippen molar-refractivity contribution in [1.82, 2.24) is 4.90 Å². The maximum absolute atomic E-state index is 12.5. The SMILES string of the molecule is CN(C(=O)c1ccccc1)[C@@H]1CCCC2(CC1)OCCO2. The molecule has 1 aromatic rings. The van der Waals surface area contributed by atoms with E-state index in [0.717, 1.165) is 37.7 Å². The summed E-state index contributed by atoms with van der Waals surface area (Å²) in [5, 5.41) is 0. The van der Waals surface area contributed by atoms with E-state index in [0.29, 0.717) is 13.2 Å². The number of benzene rings is 1. The molecule has 1 saturated carbocycles. The molecule has 1 amide bonds. The standard InChI is InChI=1S/C17H23NO3/c1-18(16(19)14-6-3-2-4-7-14)15-8-5-10-17(11-9-15)20-12-13-21-17/h2-4,6-7,15H,5,8-13H2,1H3/t15-/m1/s1. The molecule has 0 N–H and O–H groups in total. The number of ether oxygens (including phenoxy) is 2. The van der Waals surface area contributed by atoms with Crippen molar-refractivity contribution in [3.8, 4) is 0 Å². The van der Waals surface area contributed by atoms with Gasteiger partial charge < -0.3 is 14.4 Å². The molecular weight excluding hydrogens is 266 g/mol. The van der Waals surface area contributed by atoms with Crippen molar-refractivity contribution >= 4 is 5.91 Å². The summed E-state index contributed by atoms with van der Waals surface area (Å²) in [7, 11) is 1.91. The van der Waals surface area contributed by atoms with Gasteiger partial charge in [0.1, 0.15) is 0 Å². The van der Waals surface area contributed by atoms with E-state index in [1.807, 2.05) is 42.3 Å². The summed E-state index contributed by atoms with van der Waals surface area (Å²) in [6.07, 6.45) is 4.82. The molecular formula is C17H23NO3. The number of carbonyl (C=O) groups excluding carboxylic acids is 1. The molecule has 3 rings (SSSR count). The van der Waals surface area contributed by atoms with Crippen LogP contribution in [-0.2, 0) is 9.47 Å². The first-order chi connectivity index (χ1) is 10.2. The van der Waals surface area contributed by atoms with E-state index in [1.165, 1.54) is 0 Å². The van der Waals surface area contributed by atoms with Gasteiger partial charge in [0.2, 0.25) is 0 Å². The van der Waals surface area contributed by atoms with Crippen LogP contribution in [0.25, 0.3) is 0 Å². The minimum atomic E-state index is -0.370. The number of carbonyl (C=O) groups is 1. The molecule has 0 bridgehead atoms. The highest BCUT2D eigenvalue weighted by molar-refractivity contribution is 5.94. The van der Waals surface area contributed by atoms with Crippen LogP contribution < -0.4 is 0 Å². The summed E-state index contributed by atoms with van der Waals surface area (Å²) < 4.78 is 11.6. The summed E-state index contributed by atoms with van der Waals surface area (Å²) in [6, 6.07) is 9.76. The lowest BCUT2D eigenvalue weighted by atomic mass is 10.1. The Kier molecular flexibility index (Phi) is 4.27. The van der Waals surface area contributed by atoms with Crippen molar-refractivity contribution in [2.45, 2.75) is 43.9 Å². The molecule has 0 radical (unpaired) electrons. The minimum absolute atomic E-state index is 0.102. The average molecular weight is 289 g/mol. The van der Waals surface area contributed by atoms with Crippen LogP contribution in [0.1, 0.15) is 42.5 Å². The number of rotatable bonds is 2. The van der Waals surface area contributed by atoms with Gasteiger partial charge in [-0.1, -0.05) is 18.2 Å². The molecule has 4 heteroatoms. The molecule has 1 aliphatic heterocycles. The molecule has 21 heavy (non-hydrogen) atoms. The molecule has 1 saturated heterocycles. The van der Waals surface area contributed by atoms with Crippen LogP contribution in [0.3, 0.4) is 0 Å². The van der Waals surface area contributed by atoms with E-state index >= 15 is 0 Å². The zero-order valence-electron chi connectivity index (χ0n) is 12.6. The molecule has 4 nitrogen and oxygen atoms in total. The highest BCUT2D eigenvalue weighted by Gasteiger charge is 2.39. The number of nitrogens with zero attached hydrogens (tertiary/aromatic N) is 1. The van der Waals surface area contributed by atoms with Gasteiger partial charge in [0.05, 0.1) is 13.2 Å². The van der Waals surface area contributed by atoms with Crippen LogP contribution in [0, 0.1) is 0 Å². The van der Waals surface area contributed by atoms with Gasteiger partial charge in [-0.2, -0.15) is 0 Å². The van der Waals surface area contributed by atoms with E-state index in [2.05, 4.69) is 0 Å². The third kappa shape index (κ3) is 3.11. The second-order valence-electron chi connectivity index (χ2n) is 5.97. The quantitative estimate of drug-likeness (QED) is 0.840. The number of hydrogen-bond acceptors (Lipinski definition) is 3. The summed E-state index contributed by atoms with van der Waals surface area (Å²) in [5.41, 5.74) is 0.757. The zero-order chi connectivity index (χ0) is 14.7. The maximum Gasteiger partial charge on any atom is 0.253 e. The summed E-state index contributed by atoms with van der Waals surface area (Å²) in [5.74, 6) is -0.268. The Morgan fingerprint density at radius 3 is 2.57 bits per heavy atom. The van der Waals surface area contributed by atoms with Gasteiger partial charge in [-0.05, 0) is 31.4 Å². The Morgan fingerprint density at radius 2 is 1.86 bits per heavy atom. The van der Waals surface area contributed by atoms with Crippen molar-refractivity contribution in [2.75, 3.05) is 20.3 Å². The predicted molar refractivity (Wildman–Crippen MR) is 80.0 cm³/mol.